The van der Waals surface area contributed by atoms with Gasteiger partial charge in [0.05, 0.1) is 16.8 Å². The molecule has 31 heavy (non-hydrogen) atoms. The summed E-state index contributed by atoms with van der Waals surface area (Å²) in [6, 6.07) is 8.15. The van der Waals surface area contributed by atoms with Gasteiger partial charge in [-0.2, -0.15) is 0 Å². The van der Waals surface area contributed by atoms with E-state index in [0.29, 0.717) is 31.8 Å². The second-order valence-corrected chi connectivity index (χ2v) is 10.9. The third-order valence-corrected chi connectivity index (χ3v) is 7.50. The first-order chi connectivity index (χ1) is 14.8. The maximum atomic E-state index is 13.5. The van der Waals surface area contributed by atoms with Gasteiger partial charge in [-0.15, -0.1) is 11.3 Å². The summed E-state index contributed by atoms with van der Waals surface area (Å²) in [6.45, 7) is 12.0. The number of urea groups is 1. The molecule has 1 aromatic carbocycles. The van der Waals surface area contributed by atoms with Gasteiger partial charge in [0.2, 0.25) is 0 Å². The van der Waals surface area contributed by atoms with E-state index in [1.54, 1.807) is 11.3 Å². The maximum Gasteiger partial charge on any atom is 0.327 e. The van der Waals surface area contributed by atoms with E-state index in [-0.39, 0.29) is 17.9 Å². The molecule has 7 heteroatoms. The van der Waals surface area contributed by atoms with Crippen LogP contribution in [0.2, 0.25) is 0 Å². The van der Waals surface area contributed by atoms with Gasteiger partial charge in [0.15, 0.2) is 0 Å². The van der Waals surface area contributed by atoms with E-state index in [1.165, 1.54) is 9.60 Å². The number of carbonyl (C=O) groups excluding carboxylic acids is 2. The van der Waals surface area contributed by atoms with Gasteiger partial charge in [0, 0.05) is 26.2 Å². The number of amides is 3. The lowest BCUT2D eigenvalue weighted by atomic mass is 9.85. The summed E-state index contributed by atoms with van der Waals surface area (Å²) in [6.07, 6.45) is 2.33. The number of thiazole rings is 1. The van der Waals surface area contributed by atoms with E-state index in [1.807, 2.05) is 17.0 Å². The highest BCUT2D eigenvalue weighted by Gasteiger charge is 2.57. The normalized spacial score (nSPS) is 19.7. The minimum absolute atomic E-state index is 0.0228. The highest BCUT2D eigenvalue weighted by atomic mass is 32.1. The number of rotatable bonds is 7. The molecule has 2 saturated heterocycles. The van der Waals surface area contributed by atoms with Crippen molar-refractivity contribution in [2.75, 3.05) is 26.2 Å². The third-order valence-electron chi connectivity index (χ3n) is 6.48. The van der Waals surface area contributed by atoms with Crippen molar-refractivity contribution in [1.82, 2.24) is 19.7 Å². The lowest BCUT2D eigenvalue weighted by Crippen LogP contribution is -2.56. The van der Waals surface area contributed by atoms with Crippen LogP contribution in [-0.2, 0) is 11.3 Å². The number of nitrogens with zero attached hydrogens (tertiary/aromatic N) is 4. The third kappa shape index (κ3) is 4.35. The predicted molar refractivity (Wildman–Crippen MR) is 125 cm³/mol. The van der Waals surface area contributed by atoms with Crippen molar-refractivity contribution in [2.45, 2.75) is 59.0 Å². The van der Waals surface area contributed by atoms with E-state index in [9.17, 15) is 9.59 Å². The SMILES string of the molecule is CC(C)CCN1C(=O)N(CC(C)C)C(=O)C12CCN(Cc1nc3ccccc3s1)CC2. The molecule has 1 spiro atoms. The summed E-state index contributed by atoms with van der Waals surface area (Å²) < 4.78 is 1.21. The fourth-order valence-electron chi connectivity index (χ4n) is 4.75. The van der Waals surface area contributed by atoms with Gasteiger partial charge in [-0.25, -0.2) is 9.78 Å². The smallest absolute Gasteiger partial charge is 0.309 e. The van der Waals surface area contributed by atoms with Crippen LogP contribution in [0, 0.1) is 11.8 Å². The highest BCUT2D eigenvalue weighted by Crippen LogP contribution is 2.38. The molecule has 4 rings (SSSR count). The first-order valence-corrected chi connectivity index (χ1v) is 12.3. The van der Waals surface area contributed by atoms with Gasteiger partial charge in [-0.1, -0.05) is 39.8 Å². The fraction of sp³-hybridized carbons (Fsp3) is 0.625. The first kappa shape index (κ1) is 22.2. The molecule has 0 aliphatic carbocycles. The van der Waals surface area contributed by atoms with Crippen molar-refractivity contribution in [2.24, 2.45) is 11.8 Å². The molecule has 2 aliphatic heterocycles. The summed E-state index contributed by atoms with van der Waals surface area (Å²) in [5, 5.41) is 1.11. The number of likely N-dealkylation sites (tertiary alicyclic amines) is 1. The van der Waals surface area contributed by atoms with Crippen molar-refractivity contribution in [3.63, 3.8) is 0 Å². The topological polar surface area (TPSA) is 56.8 Å². The average molecular weight is 443 g/mol. The molecular weight excluding hydrogens is 408 g/mol. The van der Waals surface area contributed by atoms with Crippen molar-refractivity contribution in [1.29, 1.82) is 0 Å². The minimum Gasteiger partial charge on any atom is -0.309 e. The van der Waals surface area contributed by atoms with Gasteiger partial charge < -0.3 is 4.90 Å². The summed E-state index contributed by atoms with van der Waals surface area (Å²) in [7, 11) is 0. The van der Waals surface area contributed by atoms with Gasteiger partial charge >= 0.3 is 6.03 Å². The van der Waals surface area contributed by atoms with Crippen molar-refractivity contribution < 1.29 is 9.59 Å². The Hall–Kier alpha value is -1.99. The summed E-state index contributed by atoms with van der Waals surface area (Å²) >= 11 is 1.74. The summed E-state index contributed by atoms with van der Waals surface area (Å²) in [5.74, 6) is 0.793. The Kier molecular flexibility index (Phi) is 6.35. The highest BCUT2D eigenvalue weighted by molar-refractivity contribution is 7.18. The van der Waals surface area contributed by atoms with Crippen LogP contribution in [0.4, 0.5) is 4.79 Å². The Morgan fingerprint density at radius 1 is 1.06 bits per heavy atom. The molecule has 0 saturated carbocycles. The number of fused-ring (bicyclic) bond motifs is 1. The Labute approximate surface area is 189 Å². The Morgan fingerprint density at radius 3 is 2.42 bits per heavy atom. The summed E-state index contributed by atoms with van der Waals surface area (Å²) in [4.78, 5) is 37.3. The largest absolute Gasteiger partial charge is 0.327 e. The van der Waals surface area contributed by atoms with Crippen LogP contribution < -0.4 is 0 Å². The molecule has 0 atom stereocenters. The van der Waals surface area contributed by atoms with E-state index < -0.39 is 5.54 Å². The molecule has 0 unspecified atom stereocenters. The monoisotopic (exact) mass is 442 g/mol. The number of aromatic nitrogens is 1. The average Bonchev–Trinajstić information content (AvgIpc) is 3.21. The number of carbonyl (C=O) groups is 2. The number of hydrogen-bond acceptors (Lipinski definition) is 5. The second kappa shape index (κ2) is 8.87. The van der Waals surface area contributed by atoms with Gasteiger partial charge in [0.25, 0.3) is 5.91 Å². The molecule has 3 heterocycles. The molecule has 3 amide bonds. The standard InChI is InChI=1S/C24H34N4O2S/c1-17(2)9-12-28-23(30)27(15-18(3)4)22(29)24(28)10-13-26(14-11-24)16-21-25-19-7-5-6-8-20(19)31-21/h5-8,17-18H,9-16H2,1-4H3. The lowest BCUT2D eigenvalue weighted by Gasteiger charge is -2.42. The number of imide groups is 1. The zero-order valence-electron chi connectivity index (χ0n) is 19.1. The molecule has 0 radical (unpaired) electrons. The van der Waals surface area contributed by atoms with E-state index in [2.05, 4.69) is 44.7 Å². The molecule has 168 valence electrons. The van der Waals surface area contributed by atoms with Gasteiger partial charge in [-0.05, 0) is 43.2 Å². The quantitative estimate of drug-likeness (QED) is 0.588. The van der Waals surface area contributed by atoms with Gasteiger partial charge in [-0.3, -0.25) is 14.6 Å². The van der Waals surface area contributed by atoms with Crippen LogP contribution in [0.25, 0.3) is 10.2 Å². The Bertz CT molecular complexity index is 913. The number of benzene rings is 1. The molecule has 2 aliphatic rings. The van der Waals surface area contributed by atoms with Crippen molar-refractivity contribution in [3.8, 4) is 0 Å². The van der Waals surface area contributed by atoms with Crippen LogP contribution in [0.3, 0.4) is 0 Å². The van der Waals surface area contributed by atoms with Crippen LogP contribution in [0.1, 0.15) is 52.0 Å². The van der Waals surface area contributed by atoms with Crippen LogP contribution in [0.15, 0.2) is 24.3 Å². The lowest BCUT2D eigenvalue weighted by molar-refractivity contribution is -0.136. The summed E-state index contributed by atoms with van der Waals surface area (Å²) in [5.41, 5.74) is 0.391. The van der Waals surface area contributed by atoms with Crippen LogP contribution in [0.5, 0.6) is 0 Å². The first-order valence-electron chi connectivity index (χ1n) is 11.5. The zero-order chi connectivity index (χ0) is 22.2. The molecule has 0 N–H and O–H groups in total. The van der Waals surface area contributed by atoms with E-state index in [0.717, 1.165) is 36.6 Å². The molecule has 6 nitrogen and oxygen atoms in total. The maximum absolute atomic E-state index is 13.5. The van der Waals surface area contributed by atoms with Crippen LogP contribution in [-0.4, -0.2) is 63.3 Å². The van der Waals surface area contributed by atoms with Crippen molar-refractivity contribution in [3.05, 3.63) is 29.3 Å². The number of piperidine rings is 1. The Balaban J connectivity index is 1.48. The van der Waals surface area contributed by atoms with E-state index in [4.69, 9.17) is 4.98 Å². The number of hydrogen-bond donors (Lipinski definition) is 0. The molecule has 2 aromatic rings. The molecule has 2 fully saturated rings. The minimum atomic E-state index is -0.662. The predicted octanol–water partition coefficient (Wildman–Crippen LogP) is 4.60. The van der Waals surface area contributed by atoms with E-state index >= 15 is 0 Å². The van der Waals surface area contributed by atoms with Gasteiger partial charge in [0.1, 0.15) is 10.5 Å². The fourth-order valence-corrected chi connectivity index (χ4v) is 5.76. The molecule has 1 aromatic heterocycles. The zero-order valence-corrected chi connectivity index (χ0v) is 20.0. The van der Waals surface area contributed by atoms with Crippen LogP contribution >= 0.6 is 11.3 Å². The molecular formula is C24H34N4O2S. The number of para-hydroxylation sites is 1. The second-order valence-electron chi connectivity index (χ2n) is 9.81. The Morgan fingerprint density at radius 2 is 1.77 bits per heavy atom. The van der Waals surface area contributed by atoms with Crippen molar-refractivity contribution >= 4 is 33.5 Å². The molecule has 0 bridgehead atoms.